The molecular weight excluding hydrogens is 268 g/mol. The summed E-state index contributed by atoms with van der Waals surface area (Å²) in [7, 11) is 0. The van der Waals surface area contributed by atoms with Gasteiger partial charge in [0.15, 0.2) is 0 Å². The van der Waals surface area contributed by atoms with Crippen molar-refractivity contribution in [3.63, 3.8) is 0 Å². The van der Waals surface area contributed by atoms with Crippen LogP contribution in [0.25, 0.3) is 0 Å². The van der Waals surface area contributed by atoms with Gasteiger partial charge in [-0.3, -0.25) is 0 Å². The Morgan fingerprint density at radius 3 is 2.47 bits per heavy atom. The van der Waals surface area contributed by atoms with Crippen molar-refractivity contribution < 1.29 is 9.53 Å². The van der Waals surface area contributed by atoms with Crippen molar-refractivity contribution in [2.75, 3.05) is 18.3 Å². The molecule has 0 aliphatic rings. The Bertz CT molecular complexity index is 448. The number of nitrogens with zero attached hydrogens (tertiary/aromatic N) is 5. The molecule has 1 aromatic heterocycles. The second kappa shape index (κ2) is 7.62. The number of anilines is 1. The number of esters is 1. The van der Waals surface area contributed by atoms with E-state index < -0.39 is 5.97 Å². The SMILES string of the molecule is CCOC(=O)/C(=N\Nc1nnc(SC)nn1)C(C)C. The van der Waals surface area contributed by atoms with Crippen LogP contribution in [-0.4, -0.2) is 44.9 Å². The Morgan fingerprint density at radius 1 is 1.37 bits per heavy atom. The van der Waals surface area contributed by atoms with Gasteiger partial charge in [-0.15, -0.1) is 20.4 Å². The summed E-state index contributed by atoms with van der Waals surface area (Å²) in [6.45, 7) is 5.71. The number of rotatable bonds is 6. The van der Waals surface area contributed by atoms with Crippen LogP contribution < -0.4 is 5.43 Å². The van der Waals surface area contributed by atoms with Gasteiger partial charge in [0.1, 0.15) is 5.71 Å². The van der Waals surface area contributed by atoms with Crippen molar-refractivity contribution >= 4 is 29.4 Å². The number of aromatic nitrogens is 4. The van der Waals surface area contributed by atoms with Crippen LogP contribution in [0.4, 0.5) is 5.95 Å². The number of carbonyl (C=O) groups is 1. The number of hydrazone groups is 1. The van der Waals surface area contributed by atoms with E-state index in [0.717, 1.165) is 0 Å². The smallest absolute Gasteiger partial charge is 0.354 e. The van der Waals surface area contributed by atoms with Crippen LogP contribution in [0.3, 0.4) is 0 Å². The van der Waals surface area contributed by atoms with Crippen molar-refractivity contribution in [1.82, 2.24) is 20.4 Å². The largest absolute Gasteiger partial charge is 0.461 e. The summed E-state index contributed by atoms with van der Waals surface area (Å²) in [6.07, 6.45) is 1.82. The number of hydrogen-bond donors (Lipinski definition) is 1. The Hall–Kier alpha value is -1.77. The molecule has 0 saturated heterocycles. The van der Waals surface area contributed by atoms with Crippen LogP contribution in [0.15, 0.2) is 10.3 Å². The average molecular weight is 284 g/mol. The highest BCUT2D eigenvalue weighted by atomic mass is 32.2. The fraction of sp³-hybridized carbons (Fsp3) is 0.600. The second-order valence-electron chi connectivity index (χ2n) is 3.69. The van der Waals surface area contributed by atoms with Gasteiger partial charge in [-0.2, -0.15) is 5.10 Å². The molecule has 0 fully saturated rings. The van der Waals surface area contributed by atoms with E-state index in [9.17, 15) is 4.79 Å². The molecule has 8 nitrogen and oxygen atoms in total. The normalized spacial score (nSPS) is 11.5. The molecule has 0 aromatic carbocycles. The predicted octanol–water partition coefficient (Wildman–Crippen LogP) is 0.975. The predicted molar refractivity (Wildman–Crippen MR) is 71.9 cm³/mol. The number of carbonyl (C=O) groups excluding carboxylic acids is 1. The molecule has 1 heterocycles. The minimum absolute atomic E-state index is 0.0852. The van der Waals surface area contributed by atoms with Gasteiger partial charge in [-0.1, -0.05) is 25.6 Å². The van der Waals surface area contributed by atoms with Gasteiger partial charge < -0.3 is 4.74 Å². The number of thioether (sulfide) groups is 1. The molecule has 0 atom stereocenters. The zero-order valence-corrected chi connectivity index (χ0v) is 12.1. The van der Waals surface area contributed by atoms with Gasteiger partial charge in [0, 0.05) is 5.92 Å². The molecule has 19 heavy (non-hydrogen) atoms. The first-order valence-electron chi connectivity index (χ1n) is 5.70. The van der Waals surface area contributed by atoms with Crippen LogP contribution in [-0.2, 0) is 9.53 Å². The van der Waals surface area contributed by atoms with Crippen LogP contribution in [0, 0.1) is 5.92 Å². The van der Waals surface area contributed by atoms with Crippen molar-refractivity contribution in [2.45, 2.75) is 25.9 Å². The fourth-order valence-corrected chi connectivity index (χ4v) is 1.32. The van der Waals surface area contributed by atoms with E-state index in [0.29, 0.717) is 11.8 Å². The third-order valence-electron chi connectivity index (χ3n) is 1.95. The summed E-state index contributed by atoms with van der Waals surface area (Å²) in [4.78, 5) is 11.6. The minimum atomic E-state index is -0.466. The number of nitrogens with one attached hydrogen (secondary N) is 1. The molecule has 1 N–H and O–H groups in total. The molecule has 0 radical (unpaired) electrons. The van der Waals surface area contributed by atoms with E-state index in [4.69, 9.17) is 4.74 Å². The first-order chi connectivity index (χ1) is 9.08. The molecule has 0 aliphatic carbocycles. The summed E-state index contributed by atoms with van der Waals surface area (Å²) in [5.41, 5.74) is 2.81. The standard InChI is InChI=1S/C10H16N6O2S/c1-5-18-8(17)7(6(2)3)11-12-9-13-15-10(19-4)16-14-9/h6H,5H2,1-4H3,(H,12,13,14)/b11-7-. The quantitative estimate of drug-likeness (QED) is 0.357. The molecule has 104 valence electrons. The summed E-state index contributed by atoms with van der Waals surface area (Å²) in [6, 6.07) is 0. The Kier molecular flexibility index (Phi) is 6.13. The third-order valence-corrected chi connectivity index (χ3v) is 2.48. The van der Waals surface area contributed by atoms with Crippen molar-refractivity contribution in [1.29, 1.82) is 0 Å². The molecule has 0 amide bonds. The second-order valence-corrected chi connectivity index (χ2v) is 4.47. The van der Waals surface area contributed by atoms with Gasteiger partial charge in [-0.05, 0) is 13.2 Å². The molecule has 0 saturated carbocycles. The maximum absolute atomic E-state index is 11.6. The van der Waals surface area contributed by atoms with Crippen LogP contribution >= 0.6 is 11.8 Å². The lowest BCUT2D eigenvalue weighted by molar-refractivity contribution is -0.135. The first kappa shape index (κ1) is 15.3. The Labute approximate surface area is 115 Å². The van der Waals surface area contributed by atoms with Crippen LogP contribution in [0.5, 0.6) is 0 Å². The summed E-state index contributed by atoms with van der Waals surface area (Å²) in [5.74, 6) is -0.426. The van der Waals surface area contributed by atoms with E-state index in [-0.39, 0.29) is 17.6 Å². The highest BCUT2D eigenvalue weighted by Crippen LogP contribution is 2.05. The maximum Gasteiger partial charge on any atom is 0.354 e. The van der Waals surface area contributed by atoms with Crippen LogP contribution in [0.2, 0.25) is 0 Å². The van der Waals surface area contributed by atoms with Crippen molar-refractivity contribution in [3.8, 4) is 0 Å². The molecule has 0 unspecified atom stereocenters. The van der Waals surface area contributed by atoms with Gasteiger partial charge in [-0.25, -0.2) is 10.2 Å². The van der Waals surface area contributed by atoms with E-state index in [1.807, 2.05) is 20.1 Å². The highest BCUT2D eigenvalue weighted by molar-refractivity contribution is 7.98. The zero-order valence-electron chi connectivity index (χ0n) is 11.2. The molecule has 1 rings (SSSR count). The number of ether oxygens (including phenoxy) is 1. The summed E-state index contributed by atoms with van der Waals surface area (Å²) >= 11 is 1.33. The summed E-state index contributed by atoms with van der Waals surface area (Å²) in [5, 5.41) is 19.5. The average Bonchev–Trinajstić information content (AvgIpc) is 2.39. The molecule has 1 aromatic rings. The van der Waals surface area contributed by atoms with E-state index in [1.165, 1.54) is 11.8 Å². The third kappa shape index (κ3) is 4.78. The van der Waals surface area contributed by atoms with Crippen molar-refractivity contribution in [3.05, 3.63) is 0 Å². The Morgan fingerprint density at radius 2 is 2.00 bits per heavy atom. The van der Waals surface area contributed by atoms with E-state index in [1.54, 1.807) is 6.92 Å². The first-order valence-corrected chi connectivity index (χ1v) is 6.93. The fourth-order valence-electron chi connectivity index (χ4n) is 1.07. The van der Waals surface area contributed by atoms with Gasteiger partial charge in [0.25, 0.3) is 5.95 Å². The molecule has 0 bridgehead atoms. The summed E-state index contributed by atoms with van der Waals surface area (Å²) < 4.78 is 4.91. The molecular formula is C10H16N6O2S. The Balaban J connectivity index is 2.76. The highest BCUT2D eigenvalue weighted by Gasteiger charge is 2.17. The van der Waals surface area contributed by atoms with Crippen molar-refractivity contribution in [2.24, 2.45) is 11.0 Å². The minimum Gasteiger partial charge on any atom is -0.461 e. The number of hydrogen-bond acceptors (Lipinski definition) is 9. The van der Waals surface area contributed by atoms with Gasteiger partial charge in [0.2, 0.25) is 5.16 Å². The topological polar surface area (TPSA) is 102 Å². The molecule has 0 spiro atoms. The molecule has 9 heteroatoms. The lowest BCUT2D eigenvalue weighted by Crippen LogP contribution is -2.24. The molecule has 0 aliphatic heterocycles. The van der Waals surface area contributed by atoms with E-state index >= 15 is 0 Å². The van der Waals surface area contributed by atoms with Gasteiger partial charge >= 0.3 is 5.97 Å². The van der Waals surface area contributed by atoms with E-state index in [2.05, 4.69) is 30.9 Å². The maximum atomic E-state index is 11.6. The lowest BCUT2D eigenvalue weighted by atomic mass is 10.1. The monoisotopic (exact) mass is 284 g/mol. The van der Waals surface area contributed by atoms with Crippen LogP contribution in [0.1, 0.15) is 20.8 Å². The lowest BCUT2D eigenvalue weighted by Gasteiger charge is -2.08. The van der Waals surface area contributed by atoms with Gasteiger partial charge in [0.05, 0.1) is 6.61 Å². The zero-order chi connectivity index (χ0) is 14.3.